The first-order valence-electron chi connectivity index (χ1n) is 7.64. The number of halogens is 1. The number of para-hydroxylation sites is 1. The molecular weight excluding hydrogens is 324 g/mol. The lowest BCUT2D eigenvalue weighted by Gasteiger charge is -2.09. The van der Waals surface area contributed by atoms with Crippen molar-refractivity contribution in [1.29, 1.82) is 0 Å². The quantitative estimate of drug-likeness (QED) is 0.717. The number of nitrogens with zero attached hydrogens (tertiary/aromatic N) is 1. The zero-order valence-corrected chi connectivity index (χ0v) is 14.0. The molecule has 0 saturated heterocycles. The van der Waals surface area contributed by atoms with Gasteiger partial charge in [-0.15, -0.1) is 0 Å². The van der Waals surface area contributed by atoms with Crippen LogP contribution in [0.3, 0.4) is 0 Å². The Bertz CT molecular complexity index is 880. The molecule has 4 nitrogen and oxygen atoms in total. The number of carbonyl (C=O) groups is 1. The number of ether oxygens (including phenoxy) is 1. The fourth-order valence-corrected chi connectivity index (χ4v) is 2.72. The summed E-state index contributed by atoms with van der Waals surface area (Å²) in [5, 5.41) is 4.26. The maximum Gasteiger partial charge on any atom is 0.251 e. The molecule has 1 heterocycles. The molecule has 1 N–H and O–H groups in total. The van der Waals surface area contributed by atoms with Crippen LogP contribution in [0, 0.1) is 0 Å². The fraction of sp³-hybridized carbons (Fsp3) is 0.158. The van der Waals surface area contributed by atoms with E-state index in [1.807, 2.05) is 36.4 Å². The summed E-state index contributed by atoms with van der Waals surface area (Å²) in [5.41, 5.74) is 2.44. The average molecular weight is 341 g/mol. The number of hydrogen-bond acceptors (Lipinski definition) is 3. The minimum atomic E-state index is -0.109. The zero-order chi connectivity index (χ0) is 16.9. The summed E-state index contributed by atoms with van der Waals surface area (Å²) < 4.78 is 5.31. The van der Waals surface area contributed by atoms with E-state index in [-0.39, 0.29) is 5.91 Å². The van der Waals surface area contributed by atoms with E-state index < -0.39 is 0 Å². The highest BCUT2D eigenvalue weighted by Gasteiger charge is 2.08. The number of methoxy groups -OCH3 is 1. The molecule has 1 amide bonds. The van der Waals surface area contributed by atoms with E-state index in [1.165, 1.54) is 0 Å². The number of nitrogens with one attached hydrogen (secondary N) is 1. The second kappa shape index (κ2) is 7.32. The second-order valence-electron chi connectivity index (χ2n) is 5.36. The molecule has 5 heteroatoms. The molecule has 0 bridgehead atoms. The van der Waals surface area contributed by atoms with E-state index >= 15 is 0 Å². The van der Waals surface area contributed by atoms with Crippen molar-refractivity contribution in [1.82, 2.24) is 10.3 Å². The van der Waals surface area contributed by atoms with Gasteiger partial charge in [-0.2, -0.15) is 0 Å². The molecule has 0 aliphatic carbocycles. The van der Waals surface area contributed by atoms with Gasteiger partial charge < -0.3 is 10.1 Å². The molecule has 24 heavy (non-hydrogen) atoms. The van der Waals surface area contributed by atoms with E-state index in [9.17, 15) is 4.79 Å². The van der Waals surface area contributed by atoms with E-state index in [2.05, 4.69) is 10.3 Å². The molecular formula is C19H17ClN2O2. The smallest absolute Gasteiger partial charge is 0.251 e. The lowest BCUT2D eigenvalue weighted by molar-refractivity contribution is 0.0954. The topological polar surface area (TPSA) is 51.2 Å². The third-order valence-electron chi connectivity index (χ3n) is 3.79. The molecule has 0 saturated carbocycles. The van der Waals surface area contributed by atoms with Crippen LogP contribution in [-0.4, -0.2) is 24.5 Å². The molecule has 122 valence electrons. The van der Waals surface area contributed by atoms with E-state index in [0.29, 0.717) is 23.7 Å². The van der Waals surface area contributed by atoms with Crippen LogP contribution in [0.2, 0.25) is 5.15 Å². The van der Waals surface area contributed by atoms with Crippen molar-refractivity contribution in [3.8, 4) is 5.75 Å². The van der Waals surface area contributed by atoms with Crippen LogP contribution >= 0.6 is 11.6 Å². The predicted octanol–water partition coefficient (Wildman–Crippen LogP) is 3.87. The number of rotatable bonds is 5. The highest BCUT2D eigenvalue weighted by Crippen LogP contribution is 2.18. The van der Waals surface area contributed by atoms with Crippen molar-refractivity contribution >= 4 is 28.4 Å². The molecule has 0 atom stereocenters. The van der Waals surface area contributed by atoms with Crippen LogP contribution in [0.5, 0.6) is 5.75 Å². The summed E-state index contributed by atoms with van der Waals surface area (Å²) in [6.07, 6.45) is 0.709. The Morgan fingerprint density at radius 3 is 2.83 bits per heavy atom. The number of carbonyl (C=O) groups excluding carboxylic acids is 1. The third kappa shape index (κ3) is 3.66. The molecule has 1 aromatic heterocycles. The molecule has 0 radical (unpaired) electrons. The summed E-state index contributed by atoms with van der Waals surface area (Å²) in [6.45, 7) is 0.538. The largest absolute Gasteiger partial charge is 0.496 e. The first kappa shape index (κ1) is 16.3. The third-order valence-corrected chi connectivity index (χ3v) is 4.00. The Balaban J connectivity index is 1.66. The predicted molar refractivity (Wildman–Crippen MR) is 95.8 cm³/mol. The van der Waals surface area contributed by atoms with E-state index in [0.717, 1.165) is 22.2 Å². The molecule has 3 rings (SSSR count). The SMILES string of the molecule is COc1ccccc1CCNC(=O)c1ccc2nc(Cl)ccc2c1. The van der Waals surface area contributed by atoms with Crippen LogP contribution < -0.4 is 10.1 Å². The molecule has 0 unspecified atom stereocenters. The Hall–Kier alpha value is -2.59. The Labute approximate surface area is 145 Å². The summed E-state index contributed by atoms with van der Waals surface area (Å²) in [4.78, 5) is 16.5. The molecule has 2 aromatic carbocycles. The van der Waals surface area contributed by atoms with Gasteiger partial charge in [0.05, 0.1) is 12.6 Å². The molecule has 3 aromatic rings. The highest BCUT2D eigenvalue weighted by molar-refractivity contribution is 6.29. The van der Waals surface area contributed by atoms with Crippen LogP contribution in [0.1, 0.15) is 15.9 Å². The zero-order valence-electron chi connectivity index (χ0n) is 13.3. The van der Waals surface area contributed by atoms with Crippen molar-refractivity contribution in [2.75, 3.05) is 13.7 Å². The van der Waals surface area contributed by atoms with Crippen molar-refractivity contribution in [3.63, 3.8) is 0 Å². The lowest BCUT2D eigenvalue weighted by atomic mass is 10.1. The van der Waals surface area contributed by atoms with Gasteiger partial charge in [-0.1, -0.05) is 29.8 Å². The van der Waals surface area contributed by atoms with Gasteiger partial charge in [0.1, 0.15) is 10.9 Å². The van der Waals surface area contributed by atoms with Crippen molar-refractivity contribution < 1.29 is 9.53 Å². The van der Waals surface area contributed by atoms with Gasteiger partial charge in [0, 0.05) is 17.5 Å². The maximum atomic E-state index is 12.3. The molecule has 0 fully saturated rings. The van der Waals surface area contributed by atoms with E-state index in [1.54, 1.807) is 25.3 Å². The minimum Gasteiger partial charge on any atom is -0.496 e. The Morgan fingerprint density at radius 1 is 1.17 bits per heavy atom. The summed E-state index contributed by atoms with van der Waals surface area (Å²) >= 11 is 5.87. The minimum absolute atomic E-state index is 0.109. The molecule has 0 aliphatic rings. The van der Waals surface area contributed by atoms with Gasteiger partial charge in [-0.05, 0) is 48.4 Å². The number of hydrogen-bond donors (Lipinski definition) is 1. The first-order valence-corrected chi connectivity index (χ1v) is 8.01. The van der Waals surface area contributed by atoms with Crippen LogP contribution in [-0.2, 0) is 6.42 Å². The Morgan fingerprint density at radius 2 is 2.00 bits per heavy atom. The first-order chi connectivity index (χ1) is 11.7. The summed E-state index contributed by atoms with van der Waals surface area (Å²) in [7, 11) is 1.65. The number of pyridine rings is 1. The molecule has 0 spiro atoms. The van der Waals surface area contributed by atoms with Crippen molar-refractivity contribution in [2.45, 2.75) is 6.42 Å². The average Bonchev–Trinajstić information content (AvgIpc) is 2.61. The summed E-state index contributed by atoms with van der Waals surface area (Å²) in [6, 6.07) is 16.7. The van der Waals surface area contributed by atoms with Crippen LogP contribution in [0.25, 0.3) is 10.9 Å². The molecule has 0 aliphatic heterocycles. The van der Waals surface area contributed by atoms with Crippen LogP contribution in [0.4, 0.5) is 0 Å². The van der Waals surface area contributed by atoms with Gasteiger partial charge in [-0.25, -0.2) is 4.98 Å². The highest BCUT2D eigenvalue weighted by atomic mass is 35.5. The van der Waals surface area contributed by atoms with Gasteiger partial charge in [0.25, 0.3) is 5.91 Å². The summed E-state index contributed by atoms with van der Waals surface area (Å²) in [5.74, 6) is 0.724. The van der Waals surface area contributed by atoms with Crippen molar-refractivity contribution in [3.05, 3.63) is 70.9 Å². The maximum absolute atomic E-state index is 12.3. The number of amides is 1. The monoisotopic (exact) mass is 340 g/mol. The second-order valence-corrected chi connectivity index (χ2v) is 5.75. The standard InChI is InChI=1S/C19H17ClN2O2/c1-24-17-5-3-2-4-13(17)10-11-21-19(23)15-6-8-16-14(12-15)7-9-18(20)22-16/h2-9,12H,10-11H2,1H3,(H,21,23). The normalized spacial score (nSPS) is 10.6. The number of benzene rings is 2. The number of aromatic nitrogens is 1. The fourth-order valence-electron chi connectivity index (χ4n) is 2.56. The Kier molecular flexibility index (Phi) is 4.96. The lowest BCUT2D eigenvalue weighted by Crippen LogP contribution is -2.25. The van der Waals surface area contributed by atoms with E-state index in [4.69, 9.17) is 16.3 Å². The van der Waals surface area contributed by atoms with Crippen LogP contribution in [0.15, 0.2) is 54.6 Å². The van der Waals surface area contributed by atoms with Gasteiger partial charge in [-0.3, -0.25) is 4.79 Å². The van der Waals surface area contributed by atoms with Gasteiger partial charge >= 0.3 is 0 Å². The van der Waals surface area contributed by atoms with Crippen molar-refractivity contribution in [2.24, 2.45) is 0 Å². The number of fused-ring (bicyclic) bond motifs is 1. The van der Waals surface area contributed by atoms with Gasteiger partial charge in [0.15, 0.2) is 0 Å². The van der Waals surface area contributed by atoms with Gasteiger partial charge in [0.2, 0.25) is 0 Å².